The van der Waals surface area contributed by atoms with Crippen molar-refractivity contribution in [3.05, 3.63) is 53.0 Å². The summed E-state index contributed by atoms with van der Waals surface area (Å²) >= 11 is 0.288. The van der Waals surface area contributed by atoms with Crippen molar-refractivity contribution in [3.63, 3.8) is 0 Å². The Balaban J connectivity index is 2.10. The normalized spacial score (nSPS) is 19.4. The van der Waals surface area contributed by atoms with E-state index in [1.54, 1.807) is 0 Å². The molecule has 70 valence electrons. The van der Waals surface area contributed by atoms with Crippen molar-refractivity contribution in [2.24, 2.45) is 5.92 Å². The summed E-state index contributed by atoms with van der Waals surface area (Å²) in [7, 11) is 0. The molecule has 2 heteroatoms. The summed E-state index contributed by atoms with van der Waals surface area (Å²) < 4.78 is 2.57. The van der Waals surface area contributed by atoms with E-state index in [2.05, 4.69) is 18.2 Å². The third-order valence-corrected chi connectivity index (χ3v) is 4.45. The van der Waals surface area contributed by atoms with Crippen molar-refractivity contribution >= 4 is 25.7 Å². The minimum atomic E-state index is 0.0233. The molecular weight excluding hydrogens is 239 g/mol. The Kier molecular flexibility index (Phi) is 2.97. The van der Waals surface area contributed by atoms with Gasteiger partial charge in [-0.3, -0.25) is 0 Å². The first-order chi connectivity index (χ1) is 6.90. The van der Waals surface area contributed by atoms with E-state index in [1.165, 1.54) is 8.93 Å². The van der Waals surface area contributed by atoms with Crippen molar-refractivity contribution in [1.82, 2.24) is 0 Å². The third-order valence-electron chi connectivity index (χ3n) is 2.03. The van der Waals surface area contributed by atoms with E-state index in [4.69, 9.17) is 0 Å². The van der Waals surface area contributed by atoms with Crippen LogP contribution in [0.25, 0.3) is 0 Å². The second kappa shape index (κ2) is 4.41. The summed E-state index contributed by atoms with van der Waals surface area (Å²) in [5, 5.41) is 0. The summed E-state index contributed by atoms with van der Waals surface area (Å²) in [5.74, 6) is 0.0233. The Bertz CT molecular complexity index is 379. The SMILES string of the molecule is O=CC1C=CC=C1[Se]c1ccccc1. The monoisotopic (exact) mass is 250 g/mol. The van der Waals surface area contributed by atoms with Crippen LogP contribution in [0, 0.1) is 5.92 Å². The molecule has 1 aromatic rings. The zero-order valence-corrected chi connectivity index (χ0v) is 9.30. The molecule has 1 aliphatic rings. The Morgan fingerprint density at radius 1 is 1.21 bits per heavy atom. The number of hydrogen-bond acceptors (Lipinski definition) is 1. The first-order valence-electron chi connectivity index (χ1n) is 4.47. The van der Waals surface area contributed by atoms with Gasteiger partial charge >= 0.3 is 89.4 Å². The number of carbonyl (C=O) groups is 1. The Hall–Kier alpha value is -1.11. The fourth-order valence-electron chi connectivity index (χ4n) is 1.32. The molecule has 1 nitrogen and oxygen atoms in total. The van der Waals surface area contributed by atoms with Crippen LogP contribution in [0.15, 0.2) is 53.0 Å². The number of allylic oxidation sites excluding steroid dienone is 4. The van der Waals surface area contributed by atoms with Gasteiger partial charge in [-0.2, -0.15) is 0 Å². The van der Waals surface area contributed by atoms with Gasteiger partial charge in [0.05, 0.1) is 0 Å². The molecule has 0 bridgehead atoms. The average Bonchev–Trinajstić information content (AvgIpc) is 2.67. The minimum absolute atomic E-state index is 0.0233. The van der Waals surface area contributed by atoms with Crippen LogP contribution in [0.5, 0.6) is 0 Å². The molecule has 0 heterocycles. The summed E-state index contributed by atoms with van der Waals surface area (Å²) in [6, 6.07) is 10.3. The standard InChI is InChI=1S/C12H10OSe/c13-9-10-5-4-8-12(10)14-11-6-2-1-3-7-11/h1-10H. The summed E-state index contributed by atoms with van der Waals surface area (Å²) in [6.45, 7) is 0. The molecule has 0 N–H and O–H groups in total. The molecule has 0 radical (unpaired) electrons. The number of aldehydes is 1. The average molecular weight is 249 g/mol. The van der Waals surface area contributed by atoms with Crippen molar-refractivity contribution in [1.29, 1.82) is 0 Å². The zero-order valence-electron chi connectivity index (χ0n) is 7.59. The first kappa shape index (κ1) is 9.44. The fourth-order valence-corrected chi connectivity index (χ4v) is 3.38. The molecule has 1 unspecified atom stereocenters. The third kappa shape index (κ3) is 2.03. The molecule has 0 saturated carbocycles. The molecule has 14 heavy (non-hydrogen) atoms. The van der Waals surface area contributed by atoms with Gasteiger partial charge in [0.2, 0.25) is 0 Å². The van der Waals surface area contributed by atoms with Gasteiger partial charge in [0.25, 0.3) is 0 Å². The van der Waals surface area contributed by atoms with Gasteiger partial charge in [0.15, 0.2) is 0 Å². The van der Waals surface area contributed by atoms with Crippen LogP contribution in [0.3, 0.4) is 0 Å². The fraction of sp³-hybridized carbons (Fsp3) is 0.0833. The predicted octanol–water partition coefficient (Wildman–Crippen LogP) is 1.28. The first-order valence-corrected chi connectivity index (χ1v) is 6.18. The molecule has 1 aromatic carbocycles. The van der Waals surface area contributed by atoms with Gasteiger partial charge < -0.3 is 0 Å². The van der Waals surface area contributed by atoms with E-state index in [0.29, 0.717) is 0 Å². The molecule has 0 aromatic heterocycles. The second-order valence-corrected chi connectivity index (χ2v) is 5.44. The van der Waals surface area contributed by atoms with Crippen molar-refractivity contribution in [2.75, 3.05) is 0 Å². The molecular formula is C12H10OSe. The van der Waals surface area contributed by atoms with Gasteiger partial charge in [-0.15, -0.1) is 0 Å². The van der Waals surface area contributed by atoms with Crippen molar-refractivity contribution < 1.29 is 4.79 Å². The molecule has 0 aliphatic heterocycles. The molecule has 0 spiro atoms. The van der Waals surface area contributed by atoms with Gasteiger partial charge in [-0.05, 0) is 0 Å². The predicted molar refractivity (Wildman–Crippen MR) is 58.6 cm³/mol. The number of hydrogen-bond donors (Lipinski definition) is 0. The topological polar surface area (TPSA) is 17.1 Å². The van der Waals surface area contributed by atoms with Crippen LogP contribution in [0.1, 0.15) is 0 Å². The maximum absolute atomic E-state index is 10.7. The van der Waals surface area contributed by atoms with E-state index in [9.17, 15) is 4.79 Å². The van der Waals surface area contributed by atoms with Crippen LogP contribution in [-0.2, 0) is 4.79 Å². The molecule has 2 rings (SSSR count). The molecule has 0 amide bonds. The molecule has 0 fully saturated rings. The second-order valence-electron chi connectivity index (χ2n) is 3.03. The van der Waals surface area contributed by atoms with Crippen molar-refractivity contribution in [3.8, 4) is 0 Å². The van der Waals surface area contributed by atoms with E-state index < -0.39 is 0 Å². The number of rotatable bonds is 3. The van der Waals surface area contributed by atoms with E-state index in [1.807, 2.05) is 30.4 Å². The molecule has 1 atom stereocenters. The van der Waals surface area contributed by atoms with Crippen LogP contribution < -0.4 is 4.46 Å². The maximum atomic E-state index is 10.7. The zero-order chi connectivity index (χ0) is 9.80. The van der Waals surface area contributed by atoms with Crippen LogP contribution in [0.4, 0.5) is 0 Å². The van der Waals surface area contributed by atoms with Crippen LogP contribution >= 0.6 is 0 Å². The van der Waals surface area contributed by atoms with E-state index >= 15 is 0 Å². The molecule has 1 aliphatic carbocycles. The summed E-state index contributed by atoms with van der Waals surface area (Å²) in [5.41, 5.74) is 0. The van der Waals surface area contributed by atoms with Gasteiger partial charge in [-0.25, -0.2) is 0 Å². The number of carbonyl (C=O) groups excluding carboxylic acids is 1. The van der Waals surface area contributed by atoms with Crippen LogP contribution in [0.2, 0.25) is 0 Å². The Morgan fingerprint density at radius 2 is 2.00 bits per heavy atom. The van der Waals surface area contributed by atoms with E-state index in [0.717, 1.165) is 6.29 Å². The quantitative estimate of drug-likeness (QED) is 0.582. The Morgan fingerprint density at radius 3 is 2.71 bits per heavy atom. The Labute approximate surface area is 89.7 Å². The van der Waals surface area contributed by atoms with Crippen molar-refractivity contribution in [2.45, 2.75) is 0 Å². The van der Waals surface area contributed by atoms with E-state index in [-0.39, 0.29) is 20.9 Å². The van der Waals surface area contributed by atoms with Gasteiger partial charge in [0.1, 0.15) is 0 Å². The van der Waals surface area contributed by atoms with Gasteiger partial charge in [-0.1, -0.05) is 0 Å². The number of benzene rings is 1. The summed E-state index contributed by atoms with van der Waals surface area (Å²) in [6.07, 6.45) is 7.00. The summed E-state index contributed by atoms with van der Waals surface area (Å²) in [4.78, 5) is 10.7. The molecule has 0 saturated heterocycles. The van der Waals surface area contributed by atoms with Crippen LogP contribution in [-0.4, -0.2) is 21.2 Å². The van der Waals surface area contributed by atoms with Gasteiger partial charge in [0, 0.05) is 0 Å².